The minimum absolute atomic E-state index is 0.243. The number of likely N-dealkylation sites (tertiary alicyclic amines) is 1. The van der Waals surface area contributed by atoms with Crippen LogP contribution < -0.4 is 5.32 Å². The third kappa shape index (κ3) is 4.46. The lowest BCUT2D eigenvalue weighted by atomic mass is 9.85. The molecule has 1 aliphatic carbocycles. The van der Waals surface area contributed by atoms with Crippen LogP contribution in [0.2, 0.25) is 10.0 Å². The smallest absolute Gasteiger partial charge is 0.244 e. The van der Waals surface area contributed by atoms with Gasteiger partial charge in [-0.3, -0.25) is 24.1 Å². The summed E-state index contributed by atoms with van der Waals surface area (Å²) < 4.78 is 0. The fourth-order valence-corrected chi connectivity index (χ4v) is 4.10. The van der Waals surface area contributed by atoms with Crippen molar-refractivity contribution in [1.29, 1.82) is 0 Å². The first kappa shape index (κ1) is 21.3. The maximum Gasteiger partial charge on any atom is 0.244 e. The second kappa shape index (κ2) is 8.97. The number of anilines is 1. The number of para-hydroxylation sites is 1. The first-order chi connectivity index (χ1) is 13.8. The molecule has 2 unspecified atom stereocenters. The Morgan fingerprint density at radius 2 is 1.66 bits per heavy atom. The summed E-state index contributed by atoms with van der Waals surface area (Å²) in [6.07, 6.45) is 4.80. The van der Waals surface area contributed by atoms with E-state index in [0.717, 1.165) is 4.90 Å². The predicted octanol–water partition coefficient (Wildman–Crippen LogP) is 2.73. The molecule has 29 heavy (non-hydrogen) atoms. The molecule has 0 saturated carbocycles. The zero-order chi connectivity index (χ0) is 21.1. The predicted molar refractivity (Wildman–Crippen MR) is 109 cm³/mol. The van der Waals surface area contributed by atoms with E-state index in [1.165, 1.54) is 4.90 Å². The highest BCUT2D eigenvalue weighted by atomic mass is 35.5. The van der Waals surface area contributed by atoms with Gasteiger partial charge in [0.15, 0.2) is 0 Å². The quantitative estimate of drug-likeness (QED) is 0.547. The standard InChI is InChI=1S/C20H21Cl2N3O4/c1-2-24(10-16(26)23-18-14(21)8-5-9-15(18)22)17(27)11-25-19(28)12-6-3-4-7-13(12)20(25)29/h3-5,8-9,12-13H,2,6-7,10-11H2,1H3,(H,23,26). The van der Waals surface area contributed by atoms with Crippen molar-refractivity contribution in [1.82, 2.24) is 9.80 Å². The zero-order valence-electron chi connectivity index (χ0n) is 15.9. The number of allylic oxidation sites excluding steroid dienone is 2. The van der Waals surface area contributed by atoms with Crippen LogP contribution in [0.5, 0.6) is 0 Å². The van der Waals surface area contributed by atoms with E-state index in [9.17, 15) is 19.2 Å². The lowest BCUT2D eigenvalue weighted by molar-refractivity contribution is -0.146. The van der Waals surface area contributed by atoms with Gasteiger partial charge >= 0.3 is 0 Å². The molecule has 1 N–H and O–H groups in total. The average Bonchev–Trinajstić information content (AvgIpc) is 2.94. The van der Waals surface area contributed by atoms with Gasteiger partial charge in [0, 0.05) is 6.54 Å². The molecule has 1 heterocycles. The topological polar surface area (TPSA) is 86.8 Å². The Hall–Kier alpha value is -2.38. The summed E-state index contributed by atoms with van der Waals surface area (Å²) in [6.45, 7) is 1.35. The number of hydrogen-bond acceptors (Lipinski definition) is 4. The molecule has 0 bridgehead atoms. The van der Waals surface area contributed by atoms with E-state index < -0.39 is 11.8 Å². The number of nitrogens with zero attached hydrogens (tertiary/aromatic N) is 2. The molecular formula is C20H21Cl2N3O4. The largest absolute Gasteiger partial charge is 0.332 e. The van der Waals surface area contributed by atoms with Gasteiger partial charge in [0.05, 0.1) is 34.1 Å². The van der Waals surface area contributed by atoms with Crippen LogP contribution >= 0.6 is 23.2 Å². The minimum atomic E-state index is -0.479. The van der Waals surface area contributed by atoms with Gasteiger partial charge in [0.25, 0.3) is 0 Å². The summed E-state index contributed by atoms with van der Waals surface area (Å²) in [5.41, 5.74) is 0.269. The summed E-state index contributed by atoms with van der Waals surface area (Å²) in [6, 6.07) is 4.83. The number of nitrogens with one attached hydrogen (secondary N) is 1. The fourth-order valence-electron chi connectivity index (χ4n) is 3.61. The lowest BCUT2D eigenvalue weighted by Crippen LogP contribution is -2.45. The molecule has 0 spiro atoms. The van der Waals surface area contributed by atoms with Crippen LogP contribution in [0.3, 0.4) is 0 Å². The molecule has 1 aromatic carbocycles. The monoisotopic (exact) mass is 437 g/mol. The summed E-state index contributed by atoms with van der Waals surface area (Å²) >= 11 is 12.1. The summed E-state index contributed by atoms with van der Waals surface area (Å²) in [5.74, 6) is -2.36. The molecule has 4 amide bonds. The van der Waals surface area contributed by atoms with E-state index in [1.54, 1.807) is 25.1 Å². The minimum Gasteiger partial charge on any atom is -0.332 e. The van der Waals surface area contributed by atoms with E-state index in [0.29, 0.717) is 12.8 Å². The first-order valence-electron chi connectivity index (χ1n) is 9.35. The zero-order valence-corrected chi connectivity index (χ0v) is 17.4. The number of benzene rings is 1. The van der Waals surface area contributed by atoms with Crippen LogP contribution in [0.4, 0.5) is 5.69 Å². The molecule has 0 radical (unpaired) electrons. The highest BCUT2D eigenvalue weighted by Gasteiger charge is 2.47. The van der Waals surface area contributed by atoms with E-state index in [2.05, 4.69) is 5.32 Å². The number of imide groups is 1. The normalized spacial score (nSPS) is 20.6. The third-order valence-electron chi connectivity index (χ3n) is 5.19. The van der Waals surface area contributed by atoms with Crippen molar-refractivity contribution in [2.45, 2.75) is 19.8 Å². The average molecular weight is 438 g/mol. The van der Waals surface area contributed by atoms with Crippen LogP contribution in [0.1, 0.15) is 19.8 Å². The molecular weight excluding hydrogens is 417 g/mol. The van der Waals surface area contributed by atoms with E-state index in [-0.39, 0.29) is 59.0 Å². The highest BCUT2D eigenvalue weighted by molar-refractivity contribution is 6.39. The van der Waals surface area contributed by atoms with E-state index in [4.69, 9.17) is 23.2 Å². The molecule has 2 aliphatic rings. The Morgan fingerprint density at radius 1 is 1.10 bits per heavy atom. The number of fused-ring (bicyclic) bond motifs is 1. The van der Waals surface area contributed by atoms with Crippen LogP contribution in [0.15, 0.2) is 30.4 Å². The SMILES string of the molecule is CCN(CC(=O)Nc1c(Cl)cccc1Cl)C(=O)CN1C(=O)C2CC=CCC2C1=O. The van der Waals surface area contributed by atoms with Crippen LogP contribution in [-0.4, -0.2) is 53.1 Å². The van der Waals surface area contributed by atoms with Crippen molar-refractivity contribution in [3.05, 3.63) is 40.4 Å². The molecule has 1 saturated heterocycles. The van der Waals surface area contributed by atoms with Crippen molar-refractivity contribution in [2.75, 3.05) is 25.0 Å². The first-order valence-corrected chi connectivity index (χ1v) is 10.1. The fraction of sp³-hybridized carbons (Fsp3) is 0.400. The van der Waals surface area contributed by atoms with Crippen molar-refractivity contribution in [3.63, 3.8) is 0 Å². The number of halogens is 2. The van der Waals surface area contributed by atoms with Gasteiger partial charge < -0.3 is 10.2 Å². The van der Waals surface area contributed by atoms with Gasteiger partial charge in [-0.15, -0.1) is 0 Å². The lowest BCUT2D eigenvalue weighted by Gasteiger charge is -2.23. The molecule has 0 aromatic heterocycles. The van der Waals surface area contributed by atoms with Crippen LogP contribution in [0.25, 0.3) is 0 Å². The molecule has 7 nitrogen and oxygen atoms in total. The molecule has 9 heteroatoms. The van der Waals surface area contributed by atoms with Gasteiger partial charge in [-0.25, -0.2) is 0 Å². The number of hydrogen-bond donors (Lipinski definition) is 1. The highest BCUT2D eigenvalue weighted by Crippen LogP contribution is 2.35. The number of rotatable bonds is 6. The second-order valence-electron chi connectivity index (χ2n) is 6.97. The Kier molecular flexibility index (Phi) is 6.59. The Morgan fingerprint density at radius 3 is 2.17 bits per heavy atom. The van der Waals surface area contributed by atoms with Gasteiger partial charge in [-0.2, -0.15) is 0 Å². The third-order valence-corrected chi connectivity index (χ3v) is 5.82. The number of amides is 4. The van der Waals surface area contributed by atoms with Gasteiger partial charge in [-0.1, -0.05) is 41.4 Å². The maximum atomic E-state index is 12.7. The molecule has 1 aromatic rings. The van der Waals surface area contributed by atoms with E-state index in [1.807, 2.05) is 12.2 Å². The van der Waals surface area contributed by atoms with Crippen molar-refractivity contribution < 1.29 is 19.2 Å². The molecule has 154 valence electrons. The number of carbonyl (C=O) groups excluding carboxylic acids is 4. The van der Waals surface area contributed by atoms with Gasteiger partial charge in [0.2, 0.25) is 23.6 Å². The Bertz CT molecular complexity index is 840. The summed E-state index contributed by atoms with van der Waals surface area (Å²) in [5, 5.41) is 3.16. The molecule has 2 atom stereocenters. The molecule has 1 aliphatic heterocycles. The molecule has 3 rings (SSSR count). The van der Waals surface area contributed by atoms with Crippen LogP contribution in [-0.2, 0) is 19.2 Å². The Balaban J connectivity index is 1.63. The van der Waals surface area contributed by atoms with Gasteiger partial charge in [-0.05, 0) is 31.9 Å². The van der Waals surface area contributed by atoms with Crippen molar-refractivity contribution in [2.24, 2.45) is 11.8 Å². The van der Waals surface area contributed by atoms with Gasteiger partial charge in [0.1, 0.15) is 6.54 Å². The van der Waals surface area contributed by atoms with Crippen LogP contribution in [0, 0.1) is 11.8 Å². The van der Waals surface area contributed by atoms with Crippen molar-refractivity contribution >= 4 is 52.5 Å². The molecule has 1 fully saturated rings. The second-order valence-corrected chi connectivity index (χ2v) is 7.79. The van der Waals surface area contributed by atoms with Crippen molar-refractivity contribution in [3.8, 4) is 0 Å². The maximum absolute atomic E-state index is 12.7. The Labute approximate surface area is 178 Å². The van der Waals surface area contributed by atoms with E-state index >= 15 is 0 Å². The number of carbonyl (C=O) groups is 4. The summed E-state index contributed by atoms with van der Waals surface area (Å²) in [4.78, 5) is 52.4. The summed E-state index contributed by atoms with van der Waals surface area (Å²) in [7, 11) is 0. The number of likely N-dealkylation sites (N-methyl/N-ethyl adjacent to an activating group) is 1.